The van der Waals surface area contributed by atoms with Crippen LogP contribution < -0.4 is 5.32 Å². The molecule has 0 atom stereocenters. The van der Waals surface area contributed by atoms with Gasteiger partial charge in [-0.1, -0.05) is 29.8 Å². The molecule has 3 aromatic rings. The highest BCUT2D eigenvalue weighted by molar-refractivity contribution is 7.80. The Hall–Kier alpha value is -2.71. The Balaban J connectivity index is 1.33. The van der Waals surface area contributed by atoms with Gasteiger partial charge in [0.25, 0.3) is 0 Å². The fraction of sp³-hybridized carbons (Fsp3) is 0.480. The van der Waals surface area contributed by atoms with Gasteiger partial charge in [-0.25, -0.2) is 0 Å². The Bertz CT molecular complexity index is 1100. The Morgan fingerprint density at radius 2 is 1.64 bits per heavy atom. The van der Waals surface area contributed by atoms with Gasteiger partial charge in [0.1, 0.15) is 0 Å². The summed E-state index contributed by atoms with van der Waals surface area (Å²) in [6, 6.07) is 8.62. The lowest BCUT2D eigenvalue weighted by molar-refractivity contribution is 0.176. The van der Waals surface area contributed by atoms with E-state index in [1.807, 2.05) is 11.6 Å². The van der Waals surface area contributed by atoms with Crippen molar-refractivity contribution in [3.63, 3.8) is 0 Å². The molecular formula is C25H35N7S. The molecule has 0 aliphatic carbocycles. The van der Waals surface area contributed by atoms with Crippen molar-refractivity contribution in [3.05, 3.63) is 64.2 Å². The van der Waals surface area contributed by atoms with Crippen LogP contribution in [0.2, 0.25) is 0 Å². The van der Waals surface area contributed by atoms with Gasteiger partial charge < -0.3 is 10.2 Å². The Morgan fingerprint density at radius 3 is 2.27 bits per heavy atom. The van der Waals surface area contributed by atoms with E-state index in [4.69, 9.17) is 17.3 Å². The standard InChI is InChI=1S/C25H35N7S/c1-6-31-17-23(19(3)27-31)16-29-11-13-30(14-12-29)25(33)26-24-20(4)28-32(21(24)5)15-22-9-7-18(2)8-10-22/h7-10,17H,6,11-16H2,1-5H3,(H,26,33). The van der Waals surface area contributed by atoms with E-state index in [9.17, 15) is 0 Å². The number of nitrogens with one attached hydrogen (secondary N) is 1. The zero-order chi connectivity index (χ0) is 23.5. The maximum absolute atomic E-state index is 5.78. The van der Waals surface area contributed by atoms with Crippen molar-refractivity contribution in [2.75, 3.05) is 31.5 Å². The molecule has 0 unspecified atom stereocenters. The Kier molecular flexibility index (Phi) is 7.14. The summed E-state index contributed by atoms with van der Waals surface area (Å²) in [4.78, 5) is 4.75. The normalized spacial score (nSPS) is 14.6. The van der Waals surface area contributed by atoms with Crippen molar-refractivity contribution >= 4 is 23.0 Å². The van der Waals surface area contributed by atoms with Gasteiger partial charge in [0.05, 0.1) is 29.3 Å². The van der Waals surface area contributed by atoms with Gasteiger partial charge in [-0.3, -0.25) is 14.3 Å². The largest absolute Gasteiger partial charge is 0.346 e. The summed E-state index contributed by atoms with van der Waals surface area (Å²) in [6.07, 6.45) is 2.17. The van der Waals surface area contributed by atoms with Crippen LogP contribution >= 0.6 is 12.2 Å². The average molecular weight is 466 g/mol. The van der Waals surface area contributed by atoms with Gasteiger partial charge in [-0.05, 0) is 52.4 Å². The molecule has 0 amide bonds. The maximum atomic E-state index is 5.78. The van der Waals surface area contributed by atoms with E-state index in [0.29, 0.717) is 0 Å². The molecule has 2 aromatic heterocycles. The van der Waals surface area contributed by atoms with Crippen molar-refractivity contribution in [1.82, 2.24) is 29.4 Å². The molecule has 1 aliphatic rings. The number of aromatic nitrogens is 4. The summed E-state index contributed by atoms with van der Waals surface area (Å²) < 4.78 is 4.07. The second kappa shape index (κ2) is 10.1. The molecule has 176 valence electrons. The highest BCUT2D eigenvalue weighted by Crippen LogP contribution is 2.22. The number of hydrogen-bond acceptors (Lipinski definition) is 4. The maximum Gasteiger partial charge on any atom is 0.173 e. The van der Waals surface area contributed by atoms with Crippen LogP contribution in [0.1, 0.15) is 40.7 Å². The molecule has 0 saturated carbocycles. The van der Waals surface area contributed by atoms with Gasteiger partial charge in [0.15, 0.2) is 5.11 Å². The highest BCUT2D eigenvalue weighted by Gasteiger charge is 2.22. The first-order chi connectivity index (χ1) is 15.8. The van der Waals surface area contributed by atoms with Crippen molar-refractivity contribution in [2.24, 2.45) is 0 Å². The molecule has 33 heavy (non-hydrogen) atoms. The van der Waals surface area contributed by atoms with Gasteiger partial charge in [-0.2, -0.15) is 10.2 Å². The molecule has 0 radical (unpaired) electrons. The topological polar surface area (TPSA) is 54.1 Å². The summed E-state index contributed by atoms with van der Waals surface area (Å²) in [7, 11) is 0. The molecule has 4 rings (SSSR count). The number of anilines is 1. The summed E-state index contributed by atoms with van der Waals surface area (Å²) in [5.74, 6) is 0. The first kappa shape index (κ1) is 23.4. The van der Waals surface area contributed by atoms with Gasteiger partial charge in [0, 0.05) is 51.0 Å². The number of nitrogens with zero attached hydrogens (tertiary/aromatic N) is 6. The quantitative estimate of drug-likeness (QED) is 0.558. The molecule has 1 aliphatic heterocycles. The van der Waals surface area contributed by atoms with Crippen molar-refractivity contribution in [1.29, 1.82) is 0 Å². The molecule has 1 N–H and O–H groups in total. The van der Waals surface area contributed by atoms with Crippen LogP contribution in [0, 0.1) is 27.7 Å². The predicted molar refractivity (Wildman–Crippen MR) is 138 cm³/mol. The molecule has 8 heteroatoms. The average Bonchev–Trinajstić information content (AvgIpc) is 3.29. The van der Waals surface area contributed by atoms with Crippen LogP contribution in [0.5, 0.6) is 0 Å². The van der Waals surface area contributed by atoms with Gasteiger partial charge in [0.2, 0.25) is 0 Å². The van der Waals surface area contributed by atoms with Gasteiger partial charge >= 0.3 is 0 Å². The van der Waals surface area contributed by atoms with E-state index in [1.165, 1.54) is 16.7 Å². The molecule has 1 fully saturated rings. The minimum Gasteiger partial charge on any atom is -0.346 e. The Labute approximate surface area is 202 Å². The van der Waals surface area contributed by atoms with E-state index >= 15 is 0 Å². The lowest BCUT2D eigenvalue weighted by atomic mass is 10.1. The third-order valence-corrected chi connectivity index (χ3v) is 6.85. The number of hydrogen-bond donors (Lipinski definition) is 1. The first-order valence-corrected chi connectivity index (χ1v) is 12.2. The number of piperazine rings is 1. The van der Waals surface area contributed by atoms with E-state index in [1.54, 1.807) is 0 Å². The first-order valence-electron chi connectivity index (χ1n) is 11.7. The predicted octanol–water partition coefficient (Wildman–Crippen LogP) is 3.90. The Morgan fingerprint density at radius 1 is 0.939 bits per heavy atom. The fourth-order valence-corrected chi connectivity index (χ4v) is 4.60. The molecular weight excluding hydrogens is 430 g/mol. The molecule has 0 spiro atoms. The van der Waals surface area contributed by atoms with Crippen LogP contribution in [-0.4, -0.2) is 60.7 Å². The summed E-state index contributed by atoms with van der Waals surface area (Å²) in [5.41, 5.74) is 8.07. The SMILES string of the molecule is CCn1cc(CN2CCN(C(=S)Nc3c(C)nn(Cc4ccc(C)cc4)c3C)CC2)c(C)n1. The monoisotopic (exact) mass is 465 g/mol. The van der Waals surface area contributed by atoms with E-state index in [0.717, 1.165) is 73.7 Å². The third-order valence-electron chi connectivity index (χ3n) is 6.49. The number of benzene rings is 1. The van der Waals surface area contributed by atoms with E-state index < -0.39 is 0 Å². The molecule has 1 aromatic carbocycles. The van der Waals surface area contributed by atoms with Crippen LogP contribution in [-0.2, 0) is 19.6 Å². The lowest BCUT2D eigenvalue weighted by Crippen LogP contribution is -2.49. The molecule has 7 nitrogen and oxygen atoms in total. The fourth-order valence-electron chi connectivity index (χ4n) is 4.31. The third kappa shape index (κ3) is 5.45. The summed E-state index contributed by atoms with van der Waals surface area (Å²) in [5, 5.41) is 13.6. The second-order valence-corrected chi connectivity index (χ2v) is 9.36. The minimum atomic E-state index is 0.758. The zero-order valence-electron chi connectivity index (χ0n) is 20.4. The van der Waals surface area contributed by atoms with Crippen molar-refractivity contribution in [3.8, 4) is 0 Å². The van der Waals surface area contributed by atoms with Crippen LogP contribution in [0.4, 0.5) is 5.69 Å². The number of aryl methyl sites for hydroxylation is 4. The van der Waals surface area contributed by atoms with Crippen LogP contribution in [0.25, 0.3) is 0 Å². The summed E-state index contributed by atoms with van der Waals surface area (Å²) >= 11 is 5.78. The van der Waals surface area contributed by atoms with Crippen LogP contribution in [0.15, 0.2) is 30.5 Å². The molecule has 3 heterocycles. The zero-order valence-corrected chi connectivity index (χ0v) is 21.2. The second-order valence-electron chi connectivity index (χ2n) is 8.98. The smallest absolute Gasteiger partial charge is 0.173 e. The van der Waals surface area contributed by atoms with Crippen molar-refractivity contribution < 1.29 is 0 Å². The lowest BCUT2D eigenvalue weighted by Gasteiger charge is -2.36. The van der Waals surface area contributed by atoms with Gasteiger partial charge in [-0.15, -0.1) is 0 Å². The minimum absolute atomic E-state index is 0.758. The van der Waals surface area contributed by atoms with Crippen LogP contribution in [0.3, 0.4) is 0 Å². The molecule has 1 saturated heterocycles. The summed E-state index contributed by atoms with van der Waals surface area (Å²) in [6.45, 7) is 16.9. The highest BCUT2D eigenvalue weighted by atomic mass is 32.1. The number of thiocarbonyl (C=S) groups is 1. The van der Waals surface area contributed by atoms with Crippen molar-refractivity contribution in [2.45, 2.75) is 54.3 Å². The van der Waals surface area contributed by atoms with E-state index in [2.05, 4.69) is 83.1 Å². The molecule has 0 bridgehead atoms. The van der Waals surface area contributed by atoms with E-state index in [-0.39, 0.29) is 0 Å². The number of rotatable bonds is 6.